The van der Waals surface area contributed by atoms with Gasteiger partial charge in [0.2, 0.25) is 35.4 Å². The van der Waals surface area contributed by atoms with Gasteiger partial charge in [-0.1, -0.05) is 0 Å². The highest BCUT2D eigenvalue weighted by Gasteiger charge is 2.34. The molecule has 0 spiro atoms. The summed E-state index contributed by atoms with van der Waals surface area (Å²) < 4.78 is 0. The number of hydrogen-bond donors (Lipinski definition) is 8. The molecule has 0 aromatic heterocycles. The smallest absolute Gasteiger partial charge is 0.270 e. The fourth-order valence-corrected chi connectivity index (χ4v) is 3.99. The monoisotopic (exact) mass is 603 g/mol. The van der Waals surface area contributed by atoms with E-state index in [0.717, 1.165) is 13.8 Å². The Bertz CT molecular complexity index is 996. The van der Waals surface area contributed by atoms with Crippen LogP contribution in [0.25, 0.3) is 0 Å². The van der Waals surface area contributed by atoms with Gasteiger partial charge >= 0.3 is 0 Å². The van der Waals surface area contributed by atoms with E-state index < -0.39 is 72.1 Å². The largest absolute Gasteiger partial charge is 0.394 e. The Morgan fingerprint density at radius 3 is 1.62 bits per heavy atom. The second-order valence-electron chi connectivity index (χ2n) is 9.79. The van der Waals surface area contributed by atoms with Crippen LogP contribution in [0.1, 0.15) is 59.3 Å². The van der Waals surface area contributed by atoms with E-state index in [0.29, 0.717) is 10.1 Å². The van der Waals surface area contributed by atoms with Crippen molar-refractivity contribution in [2.45, 2.75) is 83.5 Å². The van der Waals surface area contributed by atoms with Gasteiger partial charge in [-0.15, -0.1) is 0 Å². The van der Waals surface area contributed by atoms with Gasteiger partial charge in [-0.05, 0) is 38.5 Å². The van der Waals surface area contributed by atoms with Crippen LogP contribution in [0.2, 0.25) is 0 Å². The summed E-state index contributed by atoms with van der Waals surface area (Å²) in [6.45, 7) is 2.16. The van der Waals surface area contributed by atoms with Crippen LogP contribution in [0.3, 0.4) is 0 Å². The Balaban J connectivity index is 2.57. The van der Waals surface area contributed by atoms with Gasteiger partial charge in [-0.2, -0.15) is 0 Å². The molecule has 1 rings (SSSR count). The molecule has 0 bridgehead atoms. The average Bonchev–Trinajstić information content (AvgIpc) is 2.92. The van der Waals surface area contributed by atoms with Gasteiger partial charge in [-0.25, -0.2) is 15.2 Å². The first-order valence-corrected chi connectivity index (χ1v) is 13.4. The summed E-state index contributed by atoms with van der Waals surface area (Å²) in [6.07, 6.45) is 0.646. The molecule has 238 valence electrons. The molecule has 0 aromatic rings. The summed E-state index contributed by atoms with van der Waals surface area (Å²) in [5.74, 6) is -4.59. The van der Waals surface area contributed by atoms with E-state index in [1.54, 1.807) is 0 Å². The van der Waals surface area contributed by atoms with Crippen LogP contribution in [0, 0.1) is 0 Å². The van der Waals surface area contributed by atoms with Gasteiger partial charge in [0.15, 0.2) is 0 Å². The summed E-state index contributed by atoms with van der Waals surface area (Å²) in [6, 6.07) is -4.52. The SMILES string of the molecule is CC(=O)N[C@@H](CCCN(O)C(C)=O)C(=O)N[C@@H](CO)C(=O)N(O)CCC[C@@H]1NC(=O)[C@H](CCCN(O)C(C)=O)NC1=O. The van der Waals surface area contributed by atoms with Crippen molar-refractivity contribution < 1.29 is 54.3 Å². The fourth-order valence-electron chi connectivity index (χ4n) is 3.99. The quantitative estimate of drug-likeness (QED) is 0.0613. The van der Waals surface area contributed by atoms with Crippen molar-refractivity contribution in [1.29, 1.82) is 0 Å². The van der Waals surface area contributed by atoms with E-state index in [1.807, 2.05) is 0 Å². The Morgan fingerprint density at radius 2 is 1.19 bits per heavy atom. The van der Waals surface area contributed by atoms with E-state index in [-0.39, 0.29) is 63.2 Å². The highest BCUT2D eigenvalue weighted by atomic mass is 16.5. The molecule has 0 unspecified atom stereocenters. The molecule has 8 N–H and O–H groups in total. The molecule has 0 radical (unpaired) electrons. The molecular weight excluding hydrogens is 562 g/mol. The minimum Gasteiger partial charge on any atom is -0.394 e. The predicted molar refractivity (Wildman–Crippen MR) is 140 cm³/mol. The second kappa shape index (κ2) is 17.8. The van der Waals surface area contributed by atoms with Gasteiger partial charge < -0.3 is 26.4 Å². The maximum atomic E-state index is 12.7. The molecule has 1 aliphatic rings. The maximum absolute atomic E-state index is 12.7. The first-order valence-electron chi connectivity index (χ1n) is 13.4. The molecule has 0 aliphatic carbocycles. The maximum Gasteiger partial charge on any atom is 0.270 e. The number of aliphatic hydroxyl groups is 1. The van der Waals surface area contributed by atoms with Gasteiger partial charge in [-0.3, -0.25) is 49.2 Å². The zero-order chi connectivity index (χ0) is 32.0. The topological polar surface area (TPSA) is 258 Å². The Labute approximate surface area is 242 Å². The Kier molecular flexibility index (Phi) is 15.4. The number of amides is 7. The standard InChI is InChI=1S/C24H41N7O11/c1-14(33)25-17(7-4-10-29(40)15(2)34)21(36)28-20(13-32)24(39)31(42)12-6-9-19-23(38)26-18(22(37)27-19)8-5-11-30(41)16(3)35/h17-20,32,40-42H,4-13H2,1-3H3,(H,25,33)(H,26,38)(H,27,37)(H,28,36)/t17-,18-,19-,20-/m0/s1. The van der Waals surface area contributed by atoms with Crippen molar-refractivity contribution in [2.24, 2.45) is 0 Å². The molecule has 4 atom stereocenters. The van der Waals surface area contributed by atoms with Crippen LogP contribution in [0.5, 0.6) is 0 Å². The summed E-state index contributed by atoms with van der Waals surface area (Å²) >= 11 is 0. The van der Waals surface area contributed by atoms with Crippen LogP contribution in [0.15, 0.2) is 0 Å². The normalized spacial score (nSPS) is 17.7. The predicted octanol–water partition coefficient (Wildman–Crippen LogP) is -3.01. The number of rotatable bonds is 17. The van der Waals surface area contributed by atoms with Gasteiger partial charge in [0, 0.05) is 40.4 Å². The lowest BCUT2D eigenvalue weighted by atomic mass is 10.0. The zero-order valence-electron chi connectivity index (χ0n) is 23.9. The summed E-state index contributed by atoms with van der Waals surface area (Å²) in [7, 11) is 0. The number of carbonyl (C=O) groups excluding carboxylic acids is 7. The number of nitrogens with one attached hydrogen (secondary N) is 4. The number of hydrogen-bond acceptors (Lipinski definition) is 11. The molecule has 0 saturated carbocycles. The molecule has 1 aliphatic heterocycles. The Hall–Kier alpha value is -3.87. The molecule has 1 saturated heterocycles. The lowest BCUT2D eigenvalue weighted by Crippen LogP contribution is -2.61. The molecule has 7 amide bonds. The van der Waals surface area contributed by atoms with Crippen molar-refractivity contribution in [2.75, 3.05) is 26.2 Å². The summed E-state index contributed by atoms with van der Waals surface area (Å²) in [5, 5.41) is 49.6. The van der Waals surface area contributed by atoms with E-state index in [9.17, 15) is 54.3 Å². The van der Waals surface area contributed by atoms with Gasteiger partial charge in [0.05, 0.1) is 6.61 Å². The van der Waals surface area contributed by atoms with Crippen molar-refractivity contribution in [3.63, 3.8) is 0 Å². The van der Waals surface area contributed by atoms with Crippen LogP contribution in [-0.2, 0) is 33.6 Å². The number of nitrogens with zero attached hydrogens (tertiary/aromatic N) is 3. The van der Waals surface area contributed by atoms with Crippen LogP contribution >= 0.6 is 0 Å². The highest BCUT2D eigenvalue weighted by molar-refractivity contribution is 5.97. The molecule has 42 heavy (non-hydrogen) atoms. The van der Waals surface area contributed by atoms with E-state index in [4.69, 9.17) is 0 Å². The first kappa shape index (κ1) is 36.2. The van der Waals surface area contributed by atoms with Gasteiger partial charge in [0.25, 0.3) is 5.91 Å². The fraction of sp³-hybridized carbons (Fsp3) is 0.708. The Morgan fingerprint density at radius 1 is 0.738 bits per heavy atom. The van der Waals surface area contributed by atoms with Crippen LogP contribution in [-0.4, -0.2) is 128 Å². The summed E-state index contributed by atoms with van der Waals surface area (Å²) in [4.78, 5) is 83.7. The summed E-state index contributed by atoms with van der Waals surface area (Å²) in [5.41, 5.74) is 0. The molecule has 0 aromatic carbocycles. The minimum atomic E-state index is -1.57. The molecular formula is C24H41N7O11. The molecule has 1 fully saturated rings. The van der Waals surface area contributed by atoms with Crippen LogP contribution in [0.4, 0.5) is 0 Å². The lowest BCUT2D eigenvalue weighted by Gasteiger charge is -2.30. The zero-order valence-corrected chi connectivity index (χ0v) is 23.9. The van der Waals surface area contributed by atoms with Gasteiger partial charge in [0.1, 0.15) is 24.2 Å². The number of piperazine rings is 1. The third kappa shape index (κ3) is 12.3. The number of carbonyl (C=O) groups is 7. The van der Waals surface area contributed by atoms with E-state index in [2.05, 4.69) is 21.3 Å². The van der Waals surface area contributed by atoms with Crippen LogP contribution < -0.4 is 21.3 Å². The highest BCUT2D eigenvalue weighted by Crippen LogP contribution is 2.10. The molecule has 18 heteroatoms. The minimum absolute atomic E-state index is 0.00839. The lowest BCUT2D eigenvalue weighted by molar-refractivity contribution is -0.170. The van der Waals surface area contributed by atoms with Crippen molar-refractivity contribution in [1.82, 2.24) is 36.5 Å². The van der Waals surface area contributed by atoms with E-state index in [1.165, 1.54) is 6.92 Å². The second-order valence-corrected chi connectivity index (χ2v) is 9.79. The third-order valence-electron chi connectivity index (χ3n) is 6.33. The van der Waals surface area contributed by atoms with Crippen molar-refractivity contribution >= 4 is 41.4 Å². The van der Waals surface area contributed by atoms with E-state index >= 15 is 0 Å². The number of hydroxylamine groups is 6. The molecule has 18 nitrogen and oxygen atoms in total. The third-order valence-corrected chi connectivity index (χ3v) is 6.33. The average molecular weight is 604 g/mol. The van der Waals surface area contributed by atoms with Crippen molar-refractivity contribution in [3.8, 4) is 0 Å². The molecule has 1 heterocycles. The van der Waals surface area contributed by atoms with Crippen molar-refractivity contribution in [3.05, 3.63) is 0 Å². The first-order chi connectivity index (χ1) is 19.7. The number of aliphatic hydroxyl groups excluding tert-OH is 1.